The Hall–Kier alpha value is -4.06. The number of carbonyl (C=O) groups excluding carboxylic acids is 2. The van der Waals surface area contributed by atoms with Gasteiger partial charge >= 0.3 is 0 Å². The average molecular weight is 386 g/mol. The van der Waals surface area contributed by atoms with Crippen molar-refractivity contribution in [2.75, 3.05) is 5.32 Å². The van der Waals surface area contributed by atoms with Gasteiger partial charge in [0.25, 0.3) is 5.91 Å². The fourth-order valence-electron chi connectivity index (χ4n) is 2.93. The van der Waals surface area contributed by atoms with E-state index in [1.165, 1.54) is 6.07 Å². The summed E-state index contributed by atoms with van der Waals surface area (Å²) in [7, 11) is 0. The van der Waals surface area contributed by atoms with E-state index in [0.29, 0.717) is 17.0 Å². The van der Waals surface area contributed by atoms with Gasteiger partial charge in [0.15, 0.2) is 5.76 Å². The maximum Gasteiger partial charge on any atom is 0.291 e. The molecule has 29 heavy (non-hydrogen) atoms. The zero-order chi connectivity index (χ0) is 20.2. The molecule has 4 aromatic rings. The monoisotopic (exact) mass is 386 g/mol. The number of hydrogen-bond acceptors (Lipinski definition) is 4. The van der Waals surface area contributed by atoms with E-state index in [-0.39, 0.29) is 12.4 Å². The molecule has 3 aromatic carbocycles. The van der Waals surface area contributed by atoms with Gasteiger partial charge in [0.1, 0.15) is 18.1 Å². The van der Waals surface area contributed by atoms with Crippen molar-refractivity contribution in [2.45, 2.75) is 6.61 Å². The molecule has 0 radical (unpaired) electrons. The van der Waals surface area contributed by atoms with Crippen molar-refractivity contribution in [3.8, 4) is 5.75 Å². The molecule has 0 saturated heterocycles. The summed E-state index contributed by atoms with van der Waals surface area (Å²) in [6, 6.07) is 23.5. The molecule has 0 fully saturated rings. The van der Waals surface area contributed by atoms with Gasteiger partial charge in [-0.05, 0) is 53.2 Å². The van der Waals surface area contributed by atoms with Gasteiger partial charge in [-0.15, -0.1) is 0 Å². The molecule has 0 saturated carbocycles. The lowest BCUT2D eigenvalue weighted by Gasteiger charge is -2.06. The van der Waals surface area contributed by atoms with Gasteiger partial charge in [0, 0.05) is 11.3 Å². The van der Waals surface area contributed by atoms with Crippen LogP contribution in [0.5, 0.6) is 5.75 Å². The summed E-state index contributed by atoms with van der Waals surface area (Å²) in [6.45, 7) is 0.197. The van der Waals surface area contributed by atoms with E-state index in [0.717, 1.165) is 16.5 Å². The summed E-state index contributed by atoms with van der Waals surface area (Å²) in [5.41, 5.74) is 6.02. The Kier molecular flexibility index (Phi) is 4.99. The molecular formula is C23H18N2O4. The molecule has 6 nitrogen and oxygen atoms in total. The highest BCUT2D eigenvalue weighted by Gasteiger charge is 2.13. The van der Waals surface area contributed by atoms with Gasteiger partial charge < -0.3 is 20.2 Å². The maximum absolute atomic E-state index is 12.4. The summed E-state index contributed by atoms with van der Waals surface area (Å²) in [5, 5.41) is 4.90. The highest BCUT2D eigenvalue weighted by molar-refractivity contribution is 6.03. The summed E-state index contributed by atoms with van der Waals surface area (Å²) in [4.78, 5) is 23.6. The van der Waals surface area contributed by atoms with Crippen LogP contribution in [0.3, 0.4) is 0 Å². The Morgan fingerprint density at radius 1 is 0.897 bits per heavy atom. The van der Waals surface area contributed by atoms with Crippen LogP contribution >= 0.6 is 0 Å². The molecule has 4 rings (SSSR count). The predicted molar refractivity (Wildman–Crippen MR) is 110 cm³/mol. The highest BCUT2D eigenvalue weighted by Crippen LogP contribution is 2.22. The number of rotatable bonds is 6. The Morgan fingerprint density at radius 2 is 1.72 bits per heavy atom. The van der Waals surface area contributed by atoms with E-state index < -0.39 is 11.8 Å². The number of furan rings is 1. The number of benzene rings is 3. The minimum atomic E-state index is -0.563. The molecule has 144 valence electrons. The number of nitrogens with one attached hydrogen (secondary N) is 1. The third kappa shape index (κ3) is 4.27. The Bertz CT molecular complexity index is 1200. The van der Waals surface area contributed by atoms with Crippen molar-refractivity contribution in [2.24, 2.45) is 5.73 Å². The second-order valence-corrected chi connectivity index (χ2v) is 6.46. The minimum absolute atomic E-state index is 0.145. The lowest BCUT2D eigenvalue weighted by atomic mass is 10.1. The Labute approximate surface area is 166 Å². The standard InChI is InChI=1S/C23H18N2O4/c24-22(26)17-6-3-7-18(12-17)25-23(27)21-11-10-20(29-21)14-28-19-9-8-15-4-1-2-5-16(15)13-19/h1-13H,14H2,(H2,24,26)(H,25,27). The normalized spacial score (nSPS) is 10.6. The quantitative estimate of drug-likeness (QED) is 0.515. The first kappa shape index (κ1) is 18.3. The summed E-state index contributed by atoms with van der Waals surface area (Å²) < 4.78 is 11.4. The smallest absolute Gasteiger partial charge is 0.291 e. The number of amides is 2. The molecule has 3 N–H and O–H groups in total. The van der Waals surface area contributed by atoms with Crippen molar-refractivity contribution in [1.82, 2.24) is 0 Å². The second-order valence-electron chi connectivity index (χ2n) is 6.46. The number of anilines is 1. The SMILES string of the molecule is NC(=O)c1cccc(NC(=O)c2ccc(COc3ccc4ccccc4c3)o2)c1. The first-order valence-corrected chi connectivity index (χ1v) is 9.00. The molecule has 1 aromatic heterocycles. The number of nitrogens with two attached hydrogens (primary N) is 1. The van der Waals surface area contributed by atoms with Crippen LogP contribution in [0, 0.1) is 0 Å². The van der Waals surface area contributed by atoms with Gasteiger partial charge in [-0.25, -0.2) is 0 Å². The second kappa shape index (κ2) is 7.90. The Morgan fingerprint density at radius 3 is 2.55 bits per heavy atom. The largest absolute Gasteiger partial charge is 0.486 e. The first-order valence-electron chi connectivity index (χ1n) is 9.00. The first-order chi connectivity index (χ1) is 14.1. The highest BCUT2D eigenvalue weighted by atomic mass is 16.5. The molecule has 0 unspecified atom stereocenters. The van der Waals surface area contributed by atoms with E-state index in [9.17, 15) is 9.59 Å². The maximum atomic E-state index is 12.4. The number of hydrogen-bond donors (Lipinski definition) is 2. The van der Waals surface area contributed by atoms with Crippen LogP contribution in [0.4, 0.5) is 5.69 Å². The number of carbonyl (C=O) groups is 2. The number of primary amides is 1. The minimum Gasteiger partial charge on any atom is -0.486 e. The van der Waals surface area contributed by atoms with Crippen LogP contribution in [0.15, 0.2) is 83.3 Å². The summed E-state index contributed by atoms with van der Waals surface area (Å²) >= 11 is 0. The molecule has 0 atom stereocenters. The molecule has 0 aliphatic heterocycles. The molecule has 0 aliphatic carbocycles. The fraction of sp³-hybridized carbons (Fsp3) is 0.0435. The summed E-state index contributed by atoms with van der Waals surface area (Å²) in [5.74, 6) is 0.394. The van der Waals surface area contributed by atoms with Crippen LogP contribution in [-0.2, 0) is 6.61 Å². The van der Waals surface area contributed by atoms with E-state index in [1.807, 2.05) is 42.5 Å². The van der Waals surface area contributed by atoms with Crippen LogP contribution < -0.4 is 15.8 Å². The van der Waals surface area contributed by atoms with E-state index >= 15 is 0 Å². The van der Waals surface area contributed by atoms with E-state index in [2.05, 4.69) is 5.32 Å². The van der Waals surface area contributed by atoms with Gasteiger partial charge in [-0.2, -0.15) is 0 Å². The lowest BCUT2D eigenvalue weighted by Crippen LogP contribution is -2.14. The van der Waals surface area contributed by atoms with Crippen LogP contribution in [-0.4, -0.2) is 11.8 Å². The van der Waals surface area contributed by atoms with Crippen molar-refractivity contribution < 1.29 is 18.7 Å². The zero-order valence-corrected chi connectivity index (χ0v) is 15.4. The molecule has 2 amide bonds. The Balaban J connectivity index is 1.40. The van der Waals surface area contributed by atoms with E-state index in [4.69, 9.17) is 14.9 Å². The van der Waals surface area contributed by atoms with Crippen molar-refractivity contribution in [3.05, 3.63) is 95.9 Å². The van der Waals surface area contributed by atoms with Gasteiger partial charge in [0.05, 0.1) is 0 Å². The lowest BCUT2D eigenvalue weighted by molar-refractivity contribution is 0.0985. The third-order valence-corrected chi connectivity index (χ3v) is 4.39. The fourth-order valence-corrected chi connectivity index (χ4v) is 2.93. The van der Waals surface area contributed by atoms with Crippen molar-refractivity contribution in [1.29, 1.82) is 0 Å². The van der Waals surface area contributed by atoms with Crippen LogP contribution in [0.2, 0.25) is 0 Å². The van der Waals surface area contributed by atoms with Gasteiger partial charge in [-0.1, -0.05) is 36.4 Å². The molecular weight excluding hydrogens is 368 g/mol. The molecule has 0 aliphatic rings. The van der Waals surface area contributed by atoms with Crippen molar-refractivity contribution in [3.63, 3.8) is 0 Å². The zero-order valence-electron chi connectivity index (χ0n) is 15.4. The van der Waals surface area contributed by atoms with Crippen LogP contribution in [0.25, 0.3) is 10.8 Å². The number of fused-ring (bicyclic) bond motifs is 1. The topological polar surface area (TPSA) is 94.6 Å². The van der Waals surface area contributed by atoms with Crippen molar-refractivity contribution >= 4 is 28.3 Å². The van der Waals surface area contributed by atoms with Gasteiger partial charge in [0.2, 0.25) is 5.91 Å². The molecule has 0 bridgehead atoms. The number of ether oxygens (including phenoxy) is 1. The predicted octanol–water partition coefficient (Wildman–Crippen LogP) is 4.36. The van der Waals surface area contributed by atoms with Crippen LogP contribution in [0.1, 0.15) is 26.7 Å². The van der Waals surface area contributed by atoms with E-state index in [1.54, 1.807) is 30.3 Å². The van der Waals surface area contributed by atoms with Gasteiger partial charge in [-0.3, -0.25) is 9.59 Å². The summed E-state index contributed by atoms with van der Waals surface area (Å²) in [6.07, 6.45) is 0. The molecule has 0 spiro atoms. The molecule has 1 heterocycles. The average Bonchev–Trinajstić information content (AvgIpc) is 3.21. The third-order valence-electron chi connectivity index (χ3n) is 4.39. The molecule has 6 heteroatoms.